The molecule has 0 heterocycles. The van der Waals surface area contributed by atoms with E-state index in [1.54, 1.807) is 4.58 Å². The number of rotatable bonds is 1. The van der Waals surface area contributed by atoms with E-state index in [0.717, 1.165) is 0 Å². The Kier molecular flexibility index (Phi) is 2.27. The van der Waals surface area contributed by atoms with Gasteiger partial charge in [-0.25, -0.2) is 4.58 Å². The normalized spacial score (nSPS) is 7.86. The molecule has 0 atom stereocenters. The average molecular weight is 100 g/mol. The number of hydrogen-bond acceptors (Lipinski definition) is 1. The Morgan fingerprint density at radius 1 is 1.57 bits per heavy atom. The second-order valence-electron chi connectivity index (χ2n) is 1.70. The minimum atomic E-state index is 0.0880. The third-order valence-electron chi connectivity index (χ3n) is 0.440. The molecule has 7 heavy (non-hydrogen) atoms. The molecule has 2 nitrogen and oxygen atoms in total. The van der Waals surface area contributed by atoms with Crippen LogP contribution in [0.4, 0.5) is 0 Å². The molecule has 0 fully saturated rings. The highest BCUT2D eigenvalue weighted by molar-refractivity contribution is 6.24. The molecule has 0 aromatic heterocycles. The summed E-state index contributed by atoms with van der Waals surface area (Å²) >= 11 is 0. The maximum absolute atomic E-state index is 10.2. The summed E-state index contributed by atoms with van der Waals surface area (Å²) in [6.45, 7) is 1.53. The monoisotopic (exact) mass is 100 g/mol. The number of carbonyl (C=O) groups is 1. The fourth-order valence-electron chi connectivity index (χ4n) is 0.364. The topological polar surface area (TPSA) is 20.1 Å². The molecule has 0 bridgehead atoms. The van der Waals surface area contributed by atoms with E-state index in [9.17, 15) is 4.79 Å². The van der Waals surface area contributed by atoms with Crippen LogP contribution in [0, 0.1) is 0 Å². The molecule has 0 rings (SSSR count). The molecule has 0 spiro atoms. The molecule has 0 saturated carbocycles. The van der Waals surface area contributed by atoms with E-state index < -0.39 is 0 Å². The van der Waals surface area contributed by atoms with E-state index in [4.69, 9.17) is 0 Å². The zero-order valence-electron chi connectivity index (χ0n) is 4.93. The van der Waals surface area contributed by atoms with Crippen molar-refractivity contribution < 1.29 is 9.37 Å². The quantitative estimate of drug-likeness (QED) is 0.333. The third kappa shape index (κ3) is 5.34. The minimum absolute atomic E-state index is 0.0880. The number of carbonyl (C=O) groups excluding carboxylic acids is 1. The number of ketones is 1. The van der Waals surface area contributed by atoms with Crippen LogP contribution in [0.2, 0.25) is 0 Å². The van der Waals surface area contributed by atoms with Crippen LogP contribution < -0.4 is 0 Å². The van der Waals surface area contributed by atoms with Gasteiger partial charge < -0.3 is 0 Å². The number of Topliss-reactive ketones (excluding diaryl/α,β-unsaturated/α-hetero) is 1. The van der Waals surface area contributed by atoms with Crippen LogP contribution in [-0.2, 0) is 4.79 Å². The molecular formula is C5H10NO+. The summed E-state index contributed by atoms with van der Waals surface area (Å²) in [5, 5.41) is 0. The van der Waals surface area contributed by atoms with Crippen molar-refractivity contribution >= 4 is 12.0 Å². The Morgan fingerprint density at radius 3 is 2.00 bits per heavy atom. The van der Waals surface area contributed by atoms with Gasteiger partial charge >= 0.3 is 0 Å². The molecule has 2 heteroatoms. The van der Waals surface area contributed by atoms with Crippen molar-refractivity contribution in [2.45, 2.75) is 6.92 Å². The van der Waals surface area contributed by atoms with Crippen molar-refractivity contribution in [2.24, 2.45) is 0 Å². The lowest BCUT2D eigenvalue weighted by atomic mass is 10.5. The molecule has 0 N–H and O–H groups in total. The number of nitrogens with zero attached hydrogens (tertiary/aromatic N) is 1. The molecule has 0 aliphatic carbocycles. The predicted molar refractivity (Wildman–Crippen MR) is 28.9 cm³/mol. The molecule has 0 amide bonds. The van der Waals surface area contributed by atoms with Gasteiger partial charge in [-0.05, 0) is 0 Å². The first-order chi connectivity index (χ1) is 3.13. The Labute approximate surface area is 43.5 Å². The van der Waals surface area contributed by atoms with E-state index in [2.05, 4.69) is 0 Å². The average Bonchev–Trinajstić information content (AvgIpc) is 1.27. The van der Waals surface area contributed by atoms with Crippen LogP contribution in [0.3, 0.4) is 0 Å². The highest BCUT2D eigenvalue weighted by Gasteiger charge is 1.87. The third-order valence-corrected chi connectivity index (χ3v) is 0.440. The summed E-state index contributed by atoms with van der Waals surface area (Å²) in [7, 11) is 3.64. The van der Waals surface area contributed by atoms with Crippen molar-refractivity contribution in [3.05, 3.63) is 0 Å². The van der Waals surface area contributed by atoms with Crippen molar-refractivity contribution in [1.82, 2.24) is 0 Å². The van der Waals surface area contributed by atoms with Gasteiger partial charge in [0.25, 0.3) is 0 Å². The second-order valence-corrected chi connectivity index (χ2v) is 1.70. The lowest BCUT2D eigenvalue weighted by Gasteiger charge is -1.77. The fraction of sp³-hybridized carbons (Fsp3) is 0.600. The van der Waals surface area contributed by atoms with Gasteiger partial charge in [0, 0.05) is 6.92 Å². The van der Waals surface area contributed by atoms with Crippen LogP contribution in [-0.4, -0.2) is 30.7 Å². The van der Waals surface area contributed by atoms with E-state index in [-0.39, 0.29) is 5.78 Å². The van der Waals surface area contributed by atoms with Gasteiger partial charge in [-0.3, -0.25) is 4.79 Å². The number of hydrogen-bond donors (Lipinski definition) is 0. The van der Waals surface area contributed by atoms with Crippen molar-refractivity contribution in [1.29, 1.82) is 0 Å². The van der Waals surface area contributed by atoms with Crippen LogP contribution in [0.1, 0.15) is 6.92 Å². The van der Waals surface area contributed by atoms with E-state index in [1.165, 1.54) is 13.1 Å². The van der Waals surface area contributed by atoms with Gasteiger partial charge in [-0.15, -0.1) is 0 Å². The SMILES string of the molecule is CC(=O)C=[N+](C)C. The largest absolute Gasteiger partial charge is 0.289 e. The summed E-state index contributed by atoms with van der Waals surface area (Å²) in [5.41, 5.74) is 0. The molecule has 40 valence electrons. The molecule has 0 unspecified atom stereocenters. The Balaban J connectivity index is 3.68. The second kappa shape index (κ2) is 2.50. The smallest absolute Gasteiger partial charge is 0.215 e. The van der Waals surface area contributed by atoms with E-state index >= 15 is 0 Å². The predicted octanol–water partition coefficient (Wildman–Crippen LogP) is -0.0817. The molecular weight excluding hydrogens is 90.1 g/mol. The maximum Gasteiger partial charge on any atom is 0.215 e. The van der Waals surface area contributed by atoms with Crippen LogP contribution in [0.25, 0.3) is 0 Å². The summed E-state index contributed by atoms with van der Waals surface area (Å²) < 4.78 is 1.72. The van der Waals surface area contributed by atoms with Gasteiger partial charge in [-0.1, -0.05) is 0 Å². The van der Waals surface area contributed by atoms with Gasteiger partial charge in [0.2, 0.25) is 12.0 Å². The Morgan fingerprint density at radius 2 is 2.00 bits per heavy atom. The molecule has 0 aliphatic heterocycles. The summed E-state index contributed by atoms with van der Waals surface area (Å²) in [6.07, 6.45) is 1.53. The van der Waals surface area contributed by atoms with Gasteiger partial charge in [0.1, 0.15) is 14.1 Å². The highest BCUT2D eigenvalue weighted by Crippen LogP contribution is 1.56. The maximum atomic E-state index is 10.2. The van der Waals surface area contributed by atoms with Gasteiger partial charge in [-0.2, -0.15) is 0 Å². The standard InChI is InChI=1S/C5H10NO/c1-5(7)4-6(2)3/h4H,1-3H3/q+1. The molecule has 0 aromatic rings. The fourth-order valence-corrected chi connectivity index (χ4v) is 0.364. The highest BCUT2D eigenvalue weighted by atomic mass is 16.1. The minimum Gasteiger partial charge on any atom is -0.289 e. The Hall–Kier alpha value is -0.660. The van der Waals surface area contributed by atoms with Crippen LogP contribution in [0.15, 0.2) is 0 Å². The lowest BCUT2D eigenvalue weighted by molar-refractivity contribution is -0.458. The first-order valence-corrected chi connectivity index (χ1v) is 2.15. The zero-order chi connectivity index (χ0) is 5.86. The summed E-state index contributed by atoms with van der Waals surface area (Å²) in [4.78, 5) is 10.2. The van der Waals surface area contributed by atoms with Gasteiger partial charge in [0.05, 0.1) is 0 Å². The molecule has 0 saturated heterocycles. The summed E-state index contributed by atoms with van der Waals surface area (Å²) in [6, 6.07) is 0. The Bertz CT molecular complexity index is 101. The van der Waals surface area contributed by atoms with E-state index in [0.29, 0.717) is 0 Å². The molecule has 0 aliphatic rings. The van der Waals surface area contributed by atoms with Crippen LogP contribution in [0.5, 0.6) is 0 Å². The molecule has 0 radical (unpaired) electrons. The first kappa shape index (κ1) is 6.34. The van der Waals surface area contributed by atoms with Crippen molar-refractivity contribution in [3.63, 3.8) is 0 Å². The van der Waals surface area contributed by atoms with Crippen molar-refractivity contribution in [2.75, 3.05) is 14.1 Å². The van der Waals surface area contributed by atoms with E-state index in [1.807, 2.05) is 14.1 Å². The van der Waals surface area contributed by atoms with Gasteiger partial charge in [0.15, 0.2) is 0 Å². The summed E-state index contributed by atoms with van der Waals surface area (Å²) in [5.74, 6) is 0.0880. The molecule has 0 aromatic carbocycles. The first-order valence-electron chi connectivity index (χ1n) is 2.15. The zero-order valence-corrected chi connectivity index (χ0v) is 4.93. The lowest BCUT2D eigenvalue weighted by Crippen LogP contribution is -2.04. The van der Waals surface area contributed by atoms with Crippen molar-refractivity contribution in [3.8, 4) is 0 Å². The van der Waals surface area contributed by atoms with Crippen LogP contribution >= 0.6 is 0 Å².